The van der Waals surface area contributed by atoms with Crippen molar-refractivity contribution in [3.05, 3.63) is 36.2 Å². The number of aromatic amines is 1. The van der Waals surface area contributed by atoms with Gasteiger partial charge in [-0.25, -0.2) is 18.6 Å². The van der Waals surface area contributed by atoms with Gasteiger partial charge >= 0.3 is 6.03 Å². The largest absolute Gasteiger partial charge is 0.337 e. The highest BCUT2D eigenvalue weighted by Gasteiger charge is 2.15. The van der Waals surface area contributed by atoms with Crippen LogP contribution in [0, 0.1) is 0 Å². The van der Waals surface area contributed by atoms with E-state index in [1.807, 2.05) is 0 Å². The molecule has 3 N–H and O–H groups in total. The summed E-state index contributed by atoms with van der Waals surface area (Å²) in [6, 6.07) is 4.66. The molecule has 5 nitrogen and oxygen atoms in total. The van der Waals surface area contributed by atoms with Crippen molar-refractivity contribution in [3.63, 3.8) is 0 Å². The molecule has 3 rings (SSSR count). The molecule has 1 atom stereocenters. The number of nitrogens with zero attached hydrogens (tertiary/aromatic N) is 1. The molecule has 0 fully saturated rings. The molecule has 2 aromatic rings. The average Bonchev–Trinajstić information content (AvgIpc) is 2.91. The molecule has 116 valence electrons. The van der Waals surface area contributed by atoms with Crippen molar-refractivity contribution in [2.75, 3.05) is 5.32 Å². The molecule has 0 bridgehead atoms. The minimum atomic E-state index is -2.65. The van der Waals surface area contributed by atoms with Crippen molar-refractivity contribution >= 4 is 22.8 Å². The first-order chi connectivity index (χ1) is 10.6. The van der Waals surface area contributed by atoms with E-state index in [9.17, 15) is 13.6 Å². The van der Waals surface area contributed by atoms with Crippen molar-refractivity contribution in [3.8, 4) is 0 Å². The SMILES string of the molecule is O=C(Nc1ccc2nc(C(F)F)[nH]c2c1)NC1CC=CCC1. The lowest BCUT2D eigenvalue weighted by Crippen LogP contribution is -2.38. The van der Waals surface area contributed by atoms with Crippen molar-refractivity contribution in [2.24, 2.45) is 0 Å². The van der Waals surface area contributed by atoms with E-state index < -0.39 is 6.43 Å². The summed E-state index contributed by atoms with van der Waals surface area (Å²) in [7, 11) is 0. The number of H-pyrrole nitrogens is 1. The maximum atomic E-state index is 12.6. The van der Waals surface area contributed by atoms with Crippen LogP contribution in [-0.4, -0.2) is 22.0 Å². The predicted molar refractivity (Wildman–Crippen MR) is 80.0 cm³/mol. The van der Waals surface area contributed by atoms with Crippen molar-refractivity contribution in [1.82, 2.24) is 15.3 Å². The van der Waals surface area contributed by atoms with E-state index in [1.165, 1.54) is 0 Å². The van der Waals surface area contributed by atoms with Crippen LogP contribution in [0.2, 0.25) is 0 Å². The van der Waals surface area contributed by atoms with E-state index in [-0.39, 0.29) is 17.9 Å². The molecular weight excluding hydrogens is 290 g/mol. The highest BCUT2D eigenvalue weighted by Crippen LogP contribution is 2.22. The Hall–Kier alpha value is -2.44. The van der Waals surface area contributed by atoms with Crippen LogP contribution in [0.4, 0.5) is 19.3 Å². The molecule has 1 aliphatic rings. The monoisotopic (exact) mass is 306 g/mol. The number of carbonyl (C=O) groups excluding carboxylic acids is 1. The Morgan fingerprint density at radius 3 is 2.95 bits per heavy atom. The Morgan fingerprint density at radius 2 is 2.23 bits per heavy atom. The first-order valence-corrected chi connectivity index (χ1v) is 7.12. The molecule has 1 aromatic heterocycles. The fourth-order valence-electron chi connectivity index (χ4n) is 2.49. The summed E-state index contributed by atoms with van der Waals surface area (Å²) in [4.78, 5) is 18.3. The first-order valence-electron chi connectivity index (χ1n) is 7.12. The number of amides is 2. The van der Waals surface area contributed by atoms with Gasteiger partial charge in [-0.3, -0.25) is 0 Å². The number of nitrogens with one attached hydrogen (secondary N) is 3. The third-order valence-electron chi connectivity index (χ3n) is 3.57. The number of anilines is 1. The zero-order chi connectivity index (χ0) is 15.5. The Morgan fingerprint density at radius 1 is 1.36 bits per heavy atom. The second-order valence-corrected chi connectivity index (χ2v) is 5.23. The van der Waals surface area contributed by atoms with Gasteiger partial charge in [0.15, 0.2) is 5.82 Å². The lowest BCUT2D eigenvalue weighted by molar-refractivity contribution is 0.142. The van der Waals surface area contributed by atoms with E-state index in [0.29, 0.717) is 16.7 Å². The summed E-state index contributed by atoms with van der Waals surface area (Å²) in [6.07, 6.45) is 4.21. The molecule has 22 heavy (non-hydrogen) atoms. The average molecular weight is 306 g/mol. The van der Waals surface area contributed by atoms with Crippen LogP contribution in [0.5, 0.6) is 0 Å². The highest BCUT2D eigenvalue weighted by atomic mass is 19.3. The van der Waals surface area contributed by atoms with E-state index in [2.05, 4.69) is 32.8 Å². The number of halogens is 2. The Balaban J connectivity index is 1.67. The molecule has 7 heteroatoms. The Kier molecular flexibility index (Phi) is 4.04. The van der Waals surface area contributed by atoms with E-state index >= 15 is 0 Å². The minimum absolute atomic E-state index is 0.131. The van der Waals surface area contributed by atoms with Gasteiger partial charge in [-0.2, -0.15) is 0 Å². The molecule has 0 saturated heterocycles. The van der Waals surface area contributed by atoms with E-state index in [4.69, 9.17) is 0 Å². The van der Waals surface area contributed by atoms with Gasteiger partial charge in [0, 0.05) is 11.7 Å². The molecule has 1 aromatic carbocycles. The smallest absolute Gasteiger partial charge is 0.319 e. The second kappa shape index (κ2) is 6.13. The van der Waals surface area contributed by atoms with Gasteiger partial charge in [-0.05, 0) is 37.5 Å². The van der Waals surface area contributed by atoms with Gasteiger partial charge < -0.3 is 15.6 Å². The van der Waals surface area contributed by atoms with Gasteiger partial charge in [0.1, 0.15) is 0 Å². The summed E-state index contributed by atoms with van der Waals surface area (Å²) in [6.45, 7) is 0. The molecule has 1 aliphatic carbocycles. The van der Waals surface area contributed by atoms with Crippen LogP contribution in [0.25, 0.3) is 11.0 Å². The van der Waals surface area contributed by atoms with Crippen LogP contribution in [0.3, 0.4) is 0 Å². The molecule has 0 saturated carbocycles. The highest BCUT2D eigenvalue weighted by molar-refractivity contribution is 5.92. The zero-order valence-electron chi connectivity index (χ0n) is 11.8. The molecular formula is C15H16F2N4O. The number of urea groups is 1. The number of hydrogen-bond donors (Lipinski definition) is 3. The number of alkyl halides is 2. The van der Waals surface area contributed by atoms with Gasteiger partial charge in [-0.15, -0.1) is 0 Å². The maximum Gasteiger partial charge on any atom is 0.319 e. The van der Waals surface area contributed by atoms with Gasteiger partial charge in [-0.1, -0.05) is 12.2 Å². The lowest BCUT2D eigenvalue weighted by atomic mass is 10.0. The predicted octanol–water partition coefficient (Wildman–Crippen LogP) is 3.73. The number of fused-ring (bicyclic) bond motifs is 1. The van der Waals surface area contributed by atoms with Crippen LogP contribution in [0.1, 0.15) is 31.5 Å². The molecule has 0 spiro atoms. The first kappa shape index (κ1) is 14.5. The van der Waals surface area contributed by atoms with Crippen molar-refractivity contribution < 1.29 is 13.6 Å². The summed E-state index contributed by atoms with van der Waals surface area (Å²) in [5.74, 6) is -0.370. The molecule has 2 amide bonds. The maximum absolute atomic E-state index is 12.6. The molecule has 1 heterocycles. The standard InChI is InChI=1S/C15H16F2N4O/c16-13(17)14-20-11-7-6-10(8-12(11)21-14)19-15(22)18-9-4-2-1-3-5-9/h1-2,6-9,13H,3-5H2,(H,20,21)(H2,18,19,22). The van der Waals surface area contributed by atoms with Crippen LogP contribution in [0.15, 0.2) is 30.4 Å². The van der Waals surface area contributed by atoms with E-state index in [0.717, 1.165) is 19.3 Å². The van der Waals surface area contributed by atoms with Crippen molar-refractivity contribution in [2.45, 2.75) is 31.7 Å². The van der Waals surface area contributed by atoms with Gasteiger partial charge in [0.25, 0.3) is 6.43 Å². The normalized spacial score (nSPS) is 17.9. The summed E-state index contributed by atoms with van der Waals surface area (Å²) >= 11 is 0. The zero-order valence-corrected chi connectivity index (χ0v) is 11.8. The molecule has 0 aliphatic heterocycles. The Bertz CT molecular complexity index is 711. The number of carbonyl (C=O) groups is 1. The van der Waals surface area contributed by atoms with Crippen LogP contribution < -0.4 is 10.6 Å². The number of benzene rings is 1. The number of rotatable bonds is 3. The second-order valence-electron chi connectivity index (χ2n) is 5.23. The fraction of sp³-hybridized carbons (Fsp3) is 0.333. The minimum Gasteiger partial charge on any atom is -0.337 e. The number of aromatic nitrogens is 2. The molecule has 1 unspecified atom stereocenters. The fourth-order valence-corrected chi connectivity index (χ4v) is 2.49. The third-order valence-corrected chi connectivity index (χ3v) is 3.57. The van der Waals surface area contributed by atoms with Gasteiger partial charge in [0.05, 0.1) is 11.0 Å². The van der Waals surface area contributed by atoms with Gasteiger partial charge in [0.2, 0.25) is 0 Å². The number of allylic oxidation sites excluding steroid dienone is 1. The number of hydrogen-bond acceptors (Lipinski definition) is 2. The Labute approximate surface area is 125 Å². The summed E-state index contributed by atoms with van der Waals surface area (Å²) in [5.41, 5.74) is 1.44. The van der Waals surface area contributed by atoms with Crippen molar-refractivity contribution in [1.29, 1.82) is 0 Å². The summed E-state index contributed by atoms with van der Waals surface area (Å²) in [5, 5.41) is 5.60. The topological polar surface area (TPSA) is 69.8 Å². The number of imidazole rings is 1. The lowest BCUT2D eigenvalue weighted by Gasteiger charge is -2.19. The van der Waals surface area contributed by atoms with Crippen LogP contribution >= 0.6 is 0 Å². The summed E-state index contributed by atoms with van der Waals surface area (Å²) < 4.78 is 25.2. The van der Waals surface area contributed by atoms with Crippen LogP contribution in [-0.2, 0) is 0 Å². The quantitative estimate of drug-likeness (QED) is 0.756. The molecule has 0 radical (unpaired) electrons. The third kappa shape index (κ3) is 3.24. The van der Waals surface area contributed by atoms with E-state index in [1.54, 1.807) is 18.2 Å².